The molecule has 0 amide bonds. The molecule has 2 heterocycles. The molecule has 0 radical (unpaired) electrons. The third kappa shape index (κ3) is 4.30. The molecule has 0 N–H and O–H groups in total. The predicted molar refractivity (Wildman–Crippen MR) is 94.2 cm³/mol. The molecule has 0 saturated carbocycles. The smallest absolute Gasteiger partial charge is 0.213 e. The average molecular weight is 389 g/mol. The Morgan fingerprint density at radius 1 is 1.21 bits per heavy atom. The molecule has 3 rings (SSSR count). The molecule has 6 nitrogen and oxygen atoms in total. The fraction of sp³-hybridized carbons (Fsp3) is 0.211. The second-order valence-corrected chi connectivity index (χ2v) is 6.01. The van der Waals surface area contributed by atoms with Crippen LogP contribution in [0.4, 0.5) is 13.2 Å². The van der Waals surface area contributed by atoms with Gasteiger partial charge >= 0.3 is 0 Å². The summed E-state index contributed by atoms with van der Waals surface area (Å²) in [6.07, 6.45) is 4.32. The highest BCUT2D eigenvalue weighted by molar-refractivity contribution is 5.72. The van der Waals surface area contributed by atoms with E-state index in [0.717, 1.165) is 17.7 Å². The fourth-order valence-electron chi connectivity index (χ4n) is 2.59. The molecule has 1 aromatic carbocycles. The van der Waals surface area contributed by atoms with Crippen LogP contribution in [0, 0.1) is 17.5 Å². The minimum Gasteiger partial charge on any atom is -0.861 e. The minimum atomic E-state index is -1.54. The van der Waals surface area contributed by atoms with Crippen molar-refractivity contribution in [2.45, 2.75) is 19.5 Å². The minimum absolute atomic E-state index is 0.115. The first-order valence-electron chi connectivity index (χ1n) is 8.28. The van der Waals surface area contributed by atoms with Gasteiger partial charge < -0.3 is 9.84 Å². The van der Waals surface area contributed by atoms with Crippen molar-refractivity contribution in [2.75, 3.05) is 7.11 Å². The Balaban J connectivity index is 1.74. The molecule has 0 aliphatic carbocycles. The van der Waals surface area contributed by atoms with Crippen LogP contribution < -0.4 is 9.84 Å². The summed E-state index contributed by atoms with van der Waals surface area (Å²) in [5, 5.41) is 16.2. The Kier molecular flexibility index (Phi) is 5.62. The van der Waals surface area contributed by atoms with Crippen LogP contribution in [-0.4, -0.2) is 27.8 Å². The van der Waals surface area contributed by atoms with E-state index in [1.54, 1.807) is 25.3 Å². The third-order valence-corrected chi connectivity index (χ3v) is 4.04. The van der Waals surface area contributed by atoms with Gasteiger partial charge in [0.25, 0.3) is 0 Å². The van der Waals surface area contributed by atoms with Crippen LogP contribution in [-0.2, 0) is 6.54 Å². The number of aromatic nitrogens is 3. The monoisotopic (exact) mass is 389 g/mol. The quantitative estimate of drug-likeness (QED) is 0.369. The number of hydrogen-bond acceptors (Lipinski definition) is 5. The summed E-state index contributed by atoms with van der Waals surface area (Å²) >= 11 is 0. The van der Waals surface area contributed by atoms with Gasteiger partial charge in [0.05, 0.1) is 25.9 Å². The molecular weight excluding hydrogens is 373 g/mol. The molecule has 1 atom stereocenters. The number of ether oxygens (including phenoxy) is 1. The van der Waals surface area contributed by atoms with E-state index in [9.17, 15) is 18.3 Å². The van der Waals surface area contributed by atoms with E-state index in [2.05, 4.69) is 15.1 Å². The van der Waals surface area contributed by atoms with E-state index < -0.39 is 29.4 Å². The van der Waals surface area contributed by atoms with Crippen LogP contribution in [0.1, 0.15) is 18.5 Å². The van der Waals surface area contributed by atoms with E-state index in [0.29, 0.717) is 11.4 Å². The standard InChI is InChI=1S/C19H17F3N4O2/c1-11(12-3-4-23-18(7-12)28-2)25-17(27)10-26-9-14(8-24-26)13-5-15(20)19(22)16(21)6-13/h3-9,11H,10H2,1-2H3,(H,25,27)/p-1/t11-/m1/s1. The molecule has 0 fully saturated rings. The van der Waals surface area contributed by atoms with Gasteiger partial charge in [0, 0.05) is 24.0 Å². The zero-order chi connectivity index (χ0) is 20.3. The Morgan fingerprint density at radius 3 is 2.61 bits per heavy atom. The maximum Gasteiger partial charge on any atom is 0.213 e. The molecule has 0 aliphatic rings. The molecule has 9 heteroatoms. The lowest BCUT2D eigenvalue weighted by Gasteiger charge is -2.15. The maximum absolute atomic E-state index is 13.4. The topological polar surface area (TPSA) is 75.4 Å². The normalized spacial score (nSPS) is 12.8. The molecule has 0 unspecified atom stereocenters. The lowest BCUT2D eigenvalue weighted by atomic mass is 10.1. The molecular formula is C19H16F3N4O2-. The first-order valence-corrected chi connectivity index (χ1v) is 8.28. The second-order valence-electron chi connectivity index (χ2n) is 6.01. The zero-order valence-corrected chi connectivity index (χ0v) is 15.1. The number of rotatable bonds is 6. The Bertz CT molecular complexity index is 997. The van der Waals surface area contributed by atoms with Crippen molar-refractivity contribution in [2.24, 2.45) is 4.99 Å². The van der Waals surface area contributed by atoms with Gasteiger partial charge in [-0.05, 0) is 42.1 Å². The number of pyridine rings is 1. The van der Waals surface area contributed by atoms with Gasteiger partial charge in [-0.15, -0.1) is 0 Å². The lowest BCUT2D eigenvalue weighted by molar-refractivity contribution is -0.220. The van der Waals surface area contributed by atoms with Crippen LogP contribution >= 0.6 is 0 Å². The average Bonchev–Trinajstić information content (AvgIpc) is 3.14. The first-order chi connectivity index (χ1) is 13.4. The maximum atomic E-state index is 13.4. The van der Waals surface area contributed by atoms with Crippen LogP contribution in [0.5, 0.6) is 5.88 Å². The van der Waals surface area contributed by atoms with Crippen molar-refractivity contribution in [3.05, 3.63) is 65.9 Å². The largest absolute Gasteiger partial charge is 0.861 e. The summed E-state index contributed by atoms with van der Waals surface area (Å²) in [6.45, 7) is 1.60. The summed E-state index contributed by atoms with van der Waals surface area (Å²) in [7, 11) is 1.49. The van der Waals surface area contributed by atoms with Crippen LogP contribution in [0.25, 0.3) is 11.1 Å². The van der Waals surface area contributed by atoms with Crippen molar-refractivity contribution in [1.82, 2.24) is 14.8 Å². The van der Waals surface area contributed by atoms with Crippen molar-refractivity contribution >= 4 is 5.90 Å². The van der Waals surface area contributed by atoms with Gasteiger partial charge in [-0.2, -0.15) is 5.10 Å². The summed E-state index contributed by atoms with van der Waals surface area (Å²) in [5.74, 6) is -4.14. The second kappa shape index (κ2) is 8.12. The Hall–Kier alpha value is -3.36. The third-order valence-electron chi connectivity index (χ3n) is 4.04. The van der Waals surface area contributed by atoms with Crippen molar-refractivity contribution < 1.29 is 23.0 Å². The molecule has 2 aromatic heterocycles. The number of benzene rings is 1. The number of halogens is 3. The number of aliphatic imine (C=N–C) groups is 1. The van der Waals surface area contributed by atoms with E-state index in [-0.39, 0.29) is 12.1 Å². The lowest BCUT2D eigenvalue weighted by Crippen LogP contribution is -2.24. The Labute approximate surface area is 158 Å². The van der Waals surface area contributed by atoms with E-state index in [4.69, 9.17) is 4.74 Å². The number of hydrogen-bond donors (Lipinski definition) is 0. The Morgan fingerprint density at radius 2 is 1.93 bits per heavy atom. The van der Waals surface area contributed by atoms with Crippen molar-refractivity contribution in [3.63, 3.8) is 0 Å². The fourth-order valence-corrected chi connectivity index (χ4v) is 2.59. The van der Waals surface area contributed by atoms with Gasteiger partial charge in [-0.3, -0.25) is 9.67 Å². The number of methoxy groups -OCH3 is 1. The van der Waals surface area contributed by atoms with Crippen molar-refractivity contribution in [1.29, 1.82) is 0 Å². The zero-order valence-electron chi connectivity index (χ0n) is 15.1. The van der Waals surface area contributed by atoms with Crippen LogP contribution in [0.2, 0.25) is 0 Å². The summed E-state index contributed by atoms with van der Waals surface area (Å²) in [4.78, 5) is 8.08. The van der Waals surface area contributed by atoms with Gasteiger partial charge in [-0.1, -0.05) is 0 Å². The van der Waals surface area contributed by atoms with Gasteiger partial charge in [0.2, 0.25) is 5.88 Å². The SMILES string of the molecule is COc1cc([C@@H](C)N=C([O-])Cn2cc(-c3cc(F)c(F)c(F)c3)cn2)ccn1. The highest BCUT2D eigenvalue weighted by Gasteiger charge is 2.13. The predicted octanol–water partition coefficient (Wildman–Crippen LogP) is 2.89. The van der Waals surface area contributed by atoms with E-state index >= 15 is 0 Å². The van der Waals surface area contributed by atoms with Crippen LogP contribution in [0.3, 0.4) is 0 Å². The van der Waals surface area contributed by atoms with Crippen molar-refractivity contribution in [3.8, 4) is 17.0 Å². The van der Waals surface area contributed by atoms with E-state index in [1.807, 2.05) is 0 Å². The van der Waals surface area contributed by atoms with Gasteiger partial charge in [-0.25, -0.2) is 18.2 Å². The molecule has 146 valence electrons. The van der Waals surface area contributed by atoms with E-state index in [1.165, 1.54) is 24.2 Å². The number of nitrogens with zero attached hydrogens (tertiary/aromatic N) is 4. The molecule has 0 saturated heterocycles. The molecule has 28 heavy (non-hydrogen) atoms. The first kappa shape index (κ1) is 19.4. The summed E-state index contributed by atoms with van der Waals surface area (Å²) in [6, 6.07) is 4.73. The van der Waals surface area contributed by atoms with Crippen LogP contribution in [0.15, 0.2) is 47.8 Å². The molecule has 0 bridgehead atoms. The molecule has 0 aliphatic heterocycles. The highest BCUT2D eigenvalue weighted by atomic mass is 19.2. The highest BCUT2D eigenvalue weighted by Crippen LogP contribution is 2.23. The molecule has 3 aromatic rings. The molecule has 0 spiro atoms. The summed E-state index contributed by atoms with van der Waals surface area (Å²) < 4.78 is 46.2. The summed E-state index contributed by atoms with van der Waals surface area (Å²) in [5.41, 5.74) is 1.22. The van der Waals surface area contributed by atoms with Gasteiger partial charge in [0.1, 0.15) is 0 Å². The van der Waals surface area contributed by atoms with Gasteiger partial charge in [0.15, 0.2) is 17.5 Å².